The first-order valence-electron chi connectivity index (χ1n) is 6.47. The molecule has 2 rings (SSSR count). The molecule has 0 heterocycles. The molecule has 0 saturated heterocycles. The summed E-state index contributed by atoms with van der Waals surface area (Å²) in [6.45, 7) is 0.746. The van der Waals surface area contributed by atoms with E-state index in [-0.39, 0.29) is 5.91 Å². The van der Waals surface area contributed by atoms with Crippen molar-refractivity contribution >= 4 is 28.5 Å². The molecule has 0 atom stereocenters. The molecule has 0 aliphatic heterocycles. The maximum absolute atomic E-state index is 11.9. The van der Waals surface area contributed by atoms with Crippen molar-refractivity contribution in [3.05, 3.63) is 45.0 Å². The van der Waals surface area contributed by atoms with E-state index in [0.717, 1.165) is 22.1 Å². The van der Waals surface area contributed by atoms with Crippen LogP contribution in [-0.2, 0) is 0 Å². The number of carbonyl (C=O) groups is 1. The SMILES string of the molecule is O=C(NCCC1=CCCCC1)c1cccc(I)c1. The van der Waals surface area contributed by atoms with Gasteiger partial charge in [-0.2, -0.15) is 0 Å². The van der Waals surface area contributed by atoms with Crippen molar-refractivity contribution in [2.24, 2.45) is 0 Å². The van der Waals surface area contributed by atoms with Crippen molar-refractivity contribution < 1.29 is 4.79 Å². The van der Waals surface area contributed by atoms with E-state index in [1.807, 2.05) is 24.3 Å². The van der Waals surface area contributed by atoms with Gasteiger partial charge in [0, 0.05) is 15.7 Å². The maximum atomic E-state index is 11.9. The number of benzene rings is 1. The normalized spacial score (nSPS) is 15.1. The van der Waals surface area contributed by atoms with Crippen LogP contribution in [-0.4, -0.2) is 12.5 Å². The predicted molar refractivity (Wildman–Crippen MR) is 82.7 cm³/mol. The smallest absolute Gasteiger partial charge is 0.251 e. The average molecular weight is 355 g/mol. The van der Waals surface area contributed by atoms with Gasteiger partial charge < -0.3 is 5.32 Å². The summed E-state index contributed by atoms with van der Waals surface area (Å²) in [6, 6.07) is 7.68. The highest BCUT2D eigenvalue weighted by Gasteiger charge is 2.07. The Morgan fingerprint density at radius 3 is 2.94 bits per heavy atom. The second-order valence-electron chi connectivity index (χ2n) is 4.62. The number of amides is 1. The first-order valence-corrected chi connectivity index (χ1v) is 7.55. The number of hydrogen-bond acceptors (Lipinski definition) is 1. The van der Waals surface area contributed by atoms with Crippen LogP contribution < -0.4 is 5.32 Å². The third kappa shape index (κ3) is 4.12. The van der Waals surface area contributed by atoms with E-state index in [4.69, 9.17) is 0 Å². The maximum Gasteiger partial charge on any atom is 0.251 e. The minimum Gasteiger partial charge on any atom is -0.352 e. The monoisotopic (exact) mass is 355 g/mol. The summed E-state index contributed by atoms with van der Waals surface area (Å²) in [5.41, 5.74) is 2.25. The first-order chi connectivity index (χ1) is 8.75. The van der Waals surface area contributed by atoms with Crippen LogP contribution in [0, 0.1) is 3.57 Å². The molecule has 96 valence electrons. The van der Waals surface area contributed by atoms with Crippen LogP contribution in [0.5, 0.6) is 0 Å². The Morgan fingerprint density at radius 1 is 1.33 bits per heavy atom. The summed E-state index contributed by atoms with van der Waals surface area (Å²) in [5, 5.41) is 2.99. The van der Waals surface area contributed by atoms with E-state index in [1.54, 1.807) is 0 Å². The Morgan fingerprint density at radius 2 is 2.22 bits per heavy atom. The quantitative estimate of drug-likeness (QED) is 0.644. The highest BCUT2D eigenvalue weighted by atomic mass is 127. The third-order valence-corrected chi connectivity index (χ3v) is 3.87. The second kappa shape index (κ2) is 6.92. The number of halogens is 1. The molecule has 18 heavy (non-hydrogen) atoms. The van der Waals surface area contributed by atoms with E-state index in [2.05, 4.69) is 34.0 Å². The molecule has 1 aromatic rings. The summed E-state index contributed by atoms with van der Waals surface area (Å²) in [5.74, 6) is 0.0323. The molecule has 1 aliphatic carbocycles. The van der Waals surface area contributed by atoms with Gasteiger partial charge in [0.1, 0.15) is 0 Å². The molecule has 1 aliphatic rings. The van der Waals surface area contributed by atoms with E-state index in [1.165, 1.54) is 31.3 Å². The highest BCUT2D eigenvalue weighted by Crippen LogP contribution is 2.19. The molecule has 3 heteroatoms. The Bertz CT molecular complexity index is 454. The lowest BCUT2D eigenvalue weighted by atomic mass is 9.97. The van der Waals surface area contributed by atoms with Gasteiger partial charge in [-0.05, 0) is 72.9 Å². The Labute approximate surface area is 122 Å². The first kappa shape index (κ1) is 13.6. The minimum atomic E-state index is 0.0323. The molecule has 0 unspecified atom stereocenters. The molecule has 0 fully saturated rings. The van der Waals surface area contributed by atoms with Crippen LogP contribution in [0.25, 0.3) is 0 Å². The summed E-state index contributed by atoms with van der Waals surface area (Å²) < 4.78 is 1.09. The van der Waals surface area contributed by atoms with Crippen LogP contribution in [0.4, 0.5) is 0 Å². The summed E-state index contributed by atoms with van der Waals surface area (Å²) >= 11 is 2.22. The van der Waals surface area contributed by atoms with Gasteiger partial charge in [-0.1, -0.05) is 17.7 Å². The van der Waals surface area contributed by atoms with Crippen molar-refractivity contribution in [3.8, 4) is 0 Å². The van der Waals surface area contributed by atoms with Crippen LogP contribution in [0.3, 0.4) is 0 Å². The standard InChI is InChI=1S/C15H18INO/c16-14-8-4-7-13(11-14)15(18)17-10-9-12-5-2-1-3-6-12/h4-5,7-8,11H,1-3,6,9-10H2,(H,17,18). The van der Waals surface area contributed by atoms with Gasteiger partial charge in [0.15, 0.2) is 0 Å². The third-order valence-electron chi connectivity index (χ3n) is 3.20. The highest BCUT2D eigenvalue weighted by molar-refractivity contribution is 14.1. The van der Waals surface area contributed by atoms with E-state index in [9.17, 15) is 4.79 Å². The molecule has 1 aromatic carbocycles. The van der Waals surface area contributed by atoms with Gasteiger partial charge in [-0.3, -0.25) is 4.79 Å². The fourth-order valence-corrected chi connectivity index (χ4v) is 2.74. The molecule has 0 spiro atoms. The van der Waals surface area contributed by atoms with Crippen molar-refractivity contribution in [1.29, 1.82) is 0 Å². The molecule has 1 N–H and O–H groups in total. The molecule has 0 bridgehead atoms. The molecular weight excluding hydrogens is 337 g/mol. The van der Waals surface area contributed by atoms with Gasteiger partial charge in [0.25, 0.3) is 5.91 Å². The van der Waals surface area contributed by atoms with Gasteiger partial charge in [0.2, 0.25) is 0 Å². The Hall–Kier alpha value is -0.840. The van der Waals surface area contributed by atoms with Crippen molar-refractivity contribution in [3.63, 3.8) is 0 Å². The minimum absolute atomic E-state index is 0.0323. The summed E-state index contributed by atoms with van der Waals surface area (Å²) in [7, 11) is 0. The molecular formula is C15H18INO. The van der Waals surface area contributed by atoms with Gasteiger partial charge in [-0.25, -0.2) is 0 Å². The zero-order valence-electron chi connectivity index (χ0n) is 10.4. The van der Waals surface area contributed by atoms with E-state index >= 15 is 0 Å². The Kier molecular flexibility index (Phi) is 5.23. The predicted octanol–water partition coefficient (Wildman–Crippen LogP) is 3.91. The largest absolute Gasteiger partial charge is 0.352 e. The van der Waals surface area contributed by atoms with Crippen LogP contribution in [0.2, 0.25) is 0 Å². The van der Waals surface area contributed by atoms with Crippen LogP contribution >= 0.6 is 22.6 Å². The molecule has 0 saturated carbocycles. The Balaban J connectivity index is 1.79. The average Bonchev–Trinajstić information content (AvgIpc) is 2.40. The fourth-order valence-electron chi connectivity index (χ4n) is 2.20. The molecule has 0 radical (unpaired) electrons. The van der Waals surface area contributed by atoms with E-state index in [0.29, 0.717) is 0 Å². The fraction of sp³-hybridized carbons (Fsp3) is 0.400. The molecule has 0 aromatic heterocycles. The topological polar surface area (TPSA) is 29.1 Å². The lowest BCUT2D eigenvalue weighted by Crippen LogP contribution is -2.24. The zero-order valence-corrected chi connectivity index (χ0v) is 12.6. The van der Waals surface area contributed by atoms with Crippen LogP contribution in [0.1, 0.15) is 42.5 Å². The number of rotatable bonds is 4. The molecule has 2 nitrogen and oxygen atoms in total. The van der Waals surface area contributed by atoms with E-state index < -0.39 is 0 Å². The van der Waals surface area contributed by atoms with Crippen molar-refractivity contribution in [2.45, 2.75) is 32.1 Å². The van der Waals surface area contributed by atoms with Gasteiger partial charge in [-0.15, -0.1) is 0 Å². The summed E-state index contributed by atoms with van der Waals surface area (Å²) in [6.07, 6.45) is 8.37. The zero-order chi connectivity index (χ0) is 12.8. The number of nitrogens with one attached hydrogen (secondary N) is 1. The van der Waals surface area contributed by atoms with Crippen molar-refractivity contribution in [2.75, 3.05) is 6.54 Å². The second-order valence-corrected chi connectivity index (χ2v) is 5.87. The lowest BCUT2D eigenvalue weighted by Gasteiger charge is -2.13. The molecule has 1 amide bonds. The van der Waals surface area contributed by atoms with Crippen LogP contribution in [0.15, 0.2) is 35.9 Å². The number of carbonyl (C=O) groups excluding carboxylic acids is 1. The van der Waals surface area contributed by atoms with Gasteiger partial charge in [0.05, 0.1) is 0 Å². The number of allylic oxidation sites excluding steroid dienone is 1. The number of hydrogen-bond donors (Lipinski definition) is 1. The lowest BCUT2D eigenvalue weighted by molar-refractivity contribution is 0.0954. The van der Waals surface area contributed by atoms with Gasteiger partial charge >= 0.3 is 0 Å². The van der Waals surface area contributed by atoms with Crippen molar-refractivity contribution in [1.82, 2.24) is 5.32 Å². The summed E-state index contributed by atoms with van der Waals surface area (Å²) in [4.78, 5) is 11.9.